The van der Waals surface area contributed by atoms with E-state index in [0.29, 0.717) is 11.6 Å². The molecule has 142 valence electrons. The van der Waals surface area contributed by atoms with Crippen LogP contribution in [0.1, 0.15) is 46.1 Å². The van der Waals surface area contributed by atoms with E-state index in [1.165, 1.54) is 27.7 Å². The number of fused-ring (bicyclic) bond motifs is 2. The Labute approximate surface area is 164 Å². The summed E-state index contributed by atoms with van der Waals surface area (Å²) >= 11 is 0. The molecular formula is C24H25N3O. The Morgan fingerprint density at radius 3 is 2.54 bits per heavy atom. The van der Waals surface area contributed by atoms with E-state index in [2.05, 4.69) is 66.3 Å². The van der Waals surface area contributed by atoms with Crippen molar-refractivity contribution in [2.45, 2.75) is 32.6 Å². The lowest BCUT2D eigenvalue weighted by Gasteiger charge is -2.31. The normalized spacial score (nSPS) is 15.6. The van der Waals surface area contributed by atoms with Crippen LogP contribution in [0.15, 0.2) is 48.5 Å². The fourth-order valence-corrected chi connectivity index (χ4v) is 4.59. The number of aromatic amines is 2. The van der Waals surface area contributed by atoms with Gasteiger partial charge in [-0.05, 0) is 67.5 Å². The van der Waals surface area contributed by atoms with Crippen LogP contribution < -0.4 is 0 Å². The van der Waals surface area contributed by atoms with Crippen LogP contribution in [0.2, 0.25) is 0 Å². The van der Waals surface area contributed by atoms with Crippen LogP contribution >= 0.6 is 0 Å². The van der Waals surface area contributed by atoms with Crippen LogP contribution in [0.25, 0.3) is 21.8 Å². The number of nitrogens with zero attached hydrogens (tertiary/aromatic N) is 1. The second-order valence-corrected chi connectivity index (χ2v) is 8.10. The maximum absolute atomic E-state index is 13.0. The number of likely N-dealkylation sites (tertiary alicyclic amines) is 1. The molecule has 0 radical (unpaired) electrons. The molecule has 1 fully saturated rings. The molecule has 0 aliphatic carbocycles. The minimum absolute atomic E-state index is 0.114. The van der Waals surface area contributed by atoms with E-state index in [4.69, 9.17) is 0 Å². The standard InChI is InChI=1S/C24H25N3O/c1-15-11-16(2)19-14-23(26-22(19)12-15)24(28)27-9-7-17(8-10-27)21-13-18-5-3-4-6-20(18)25-21/h3-6,11-14,17,25-26H,7-10H2,1-2H3. The zero-order valence-corrected chi connectivity index (χ0v) is 16.4. The van der Waals surface area contributed by atoms with E-state index in [9.17, 15) is 4.79 Å². The molecule has 5 rings (SSSR count). The summed E-state index contributed by atoms with van der Waals surface area (Å²) in [5.41, 5.74) is 6.67. The molecule has 2 aromatic heterocycles. The van der Waals surface area contributed by atoms with Gasteiger partial charge in [-0.3, -0.25) is 4.79 Å². The molecular weight excluding hydrogens is 346 g/mol. The van der Waals surface area contributed by atoms with E-state index in [-0.39, 0.29) is 5.91 Å². The van der Waals surface area contributed by atoms with E-state index < -0.39 is 0 Å². The van der Waals surface area contributed by atoms with Gasteiger partial charge in [0.2, 0.25) is 0 Å². The molecule has 4 heteroatoms. The van der Waals surface area contributed by atoms with Gasteiger partial charge in [0.05, 0.1) is 0 Å². The van der Waals surface area contributed by atoms with Crippen molar-refractivity contribution in [1.29, 1.82) is 0 Å². The van der Waals surface area contributed by atoms with Gasteiger partial charge in [-0.15, -0.1) is 0 Å². The number of piperidine rings is 1. The van der Waals surface area contributed by atoms with Crippen molar-refractivity contribution in [1.82, 2.24) is 14.9 Å². The van der Waals surface area contributed by atoms with Crippen LogP contribution in [-0.4, -0.2) is 33.9 Å². The molecule has 0 bridgehead atoms. The topological polar surface area (TPSA) is 51.9 Å². The highest BCUT2D eigenvalue weighted by Crippen LogP contribution is 2.31. The molecule has 1 aliphatic rings. The van der Waals surface area contributed by atoms with Gasteiger partial charge in [0.1, 0.15) is 5.69 Å². The van der Waals surface area contributed by atoms with Gasteiger partial charge in [0.25, 0.3) is 5.91 Å². The predicted octanol–water partition coefficient (Wildman–Crippen LogP) is 5.29. The molecule has 0 atom stereocenters. The molecule has 1 aliphatic heterocycles. The average Bonchev–Trinajstić information content (AvgIpc) is 3.32. The number of hydrogen-bond acceptors (Lipinski definition) is 1. The number of aryl methyl sites for hydroxylation is 2. The fourth-order valence-electron chi connectivity index (χ4n) is 4.59. The predicted molar refractivity (Wildman–Crippen MR) is 114 cm³/mol. The summed E-state index contributed by atoms with van der Waals surface area (Å²) in [5.74, 6) is 0.604. The van der Waals surface area contributed by atoms with Crippen molar-refractivity contribution in [3.05, 3.63) is 71.0 Å². The van der Waals surface area contributed by atoms with Gasteiger partial charge in [0, 0.05) is 41.1 Å². The van der Waals surface area contributed by atoms with Gasteiger partial charge in [0.15, 0.2) is 0 Å². The molecule has 3 heterocycles. The Hall–Kier alpha value is -3.01. The molecule has 0 unspecified atom stereocenters. The van der Waals surface area contributed by atoms with Crippen molar-refractivity contribution in [2.75, 3.05) is 13.1 Å². The number of carbonyl (C=O) groups excluding carboxylic acids is 1. The maximum atomic E-state index is 13.0. The van der Waals surface area contributed by atoms with Crippen LogP contribution in [0.3, 0.4) is 0 Å². The minimum atomic E-state index is 0.114. The Bertz CT molecular complexity index is 1140. The monoisotopic (exact) mass is 371 g/mol. The van der Waals surface area contributed by atoms with E-state index in [1.807, 2.05) is 11.0 Å². The minimum Gasteiger partial charge on any atom is -0.358 e. The number of hydrogen-bond donors (Lipinski definition) is 2. The zero-order valence-electron chi connectivity index (χ0n) is 16.4. The lowest BCUT2D eigenvalue weighted by molar-refractivity contribution is 0.0707. The Balaban J connectivity index is 1.32. The maximum Gasteiger partial charge on any atom is 0.270 e. The third-order valence-corrected chi connectivity index (χ3v) is 6.09. The highest BCUT2D eigenvalue weighted by atomic mass is 16.2. The summed E-state index contributed by atoms with van der Waals surface area (Å²) < 4.78 is 0. The molecule has 4 nitrogen and oxygen atoms in total. The summed E-state index contributed by atoms with van der Waals surface area (Å²) in [6.07, 6.45) is 1.99. The Morgan fingerprint density at radius 2 is 1.75 bits per heavy atom. The summed E-state index contributed by atoms with van der Waals surface area (Å²) in [7, 11) is 0. The van der Waals surface area contributed by atoms with Gasteiger partial charge < -0.3 is 14.9 Å². The smallest absolute Gasteiger partial charge is 0.270 e. The second kappa shape index (κ2) is 6.55. The fraction of sp³-hybridized carbons (Fsp3) is 0.292. The third-order valence-electron chi connectivity index (χ3n) is 6.09. The van der Waals surface area contributed by atoms with Crippen molar-refractivity contribution in [2.24, 2.45) is 0 Å². The van der Waals surface area contributed by atoms with Crippen LogP contribution in [0, 0.1) is 13.8 Å². The molecule has 2 aromatic carbocycles. The molecule has 4 aromatic rings. The number of nitrogens with one attached hydrogen (secondary N) is 2. The van der Waals surface area contributed by atoms with Crippen molar-refractivity contribution >= 4 is 27.7 Å². The lowest BCUT2D eigenvalue weighted by Crippen LogP contribution is -2.38. The first-order chi connectivity index (χ1) is 13.6. The Kier molecular flexibility index (Phi) is 4.00. The number of benzene rings is 2. The third kappa shape index (κ3) is 2.89. The van der Waals surface area contributed by atoms with Gasteiger partial charge in [-0.1, -0.05) is 24.3 Å². The van der Waals surface area contributed by atoms with Crippen molar-refractivity contribution < 1.29 is 4.79 Å². The number of H-pyrrole nitrogens is 2. The summed E-state index contributed by atoms with van der Waals surface area (Å²) in [4.78, 5) is 21.9. The first kappa shape index (κ1) is 17.1. The summed E-state index contributed by atoms with van der Waals surface area (Å²) in [5, 5.41) is 2.40. The van der Waals surface area contributed by atoms with Crippen LogP contribution in [0.4, 0.5) is 0 Å². The molecule has 0 saturated carbocycles. The van der Waals surface area contributed by atoms with Crippen LogP contribution in [-0.2, 0) is 0 Å². The first-order valence-corrected chi connectivity index (χ1v) is 10.1. The highest BCUT2D eigenvalue weighted by molar-refractivity contribution is 5.99. The molecule has 28 heavy (non-hydrogen) atoms. The second-order valence-electron chi connectivity index (χ2n) is 8.10. The van der Waals surface area contributed by atoms with Gasteiger partial charge in [-0.2, -0.15) is 0 Å². The zero-order chi connectivity index (χ0) is 19.3. The number of amides is 1. The first-order valence-electron chi connectivity index (χ1n) is 10.1. The van der Waals surface area contributed by atoms with Crippen molar-refractivity contribution in [3.8, 4) is 0 Å². The molecule has 1 amide bonds. The largest absolute Gasteiger partial charge is 0.358 e. The van der Waals surface area contributed by atoms with Gasteiger partial charge in [-0.25, -0.2) is 0 Å². The Morgan fingerprint density at radius 1 is 0.964 bits per heavy atom. The lowest BCUT2D eigenvalue weighted by atomic mass is 9.93. The van der Waals surface area contributed by atoms with Crippen LogP contribution in [0.5, 0.6) is 0 Å². The summed E-state index contributed by atoms with van der Waals surface area (Å²) in [6, 6.07) is 17.0. The number of carbonyl (C=O) groups is 1. The van der Waals surface area contributed by atoms with E-state index in [1.54, 1.807) is 0 Å². The quantitative estimate of drug-likeness (QED) is 0.494. The van der Waals surface area contributed by atoms with E-state index >= 15 is 0 Å². The number of para-hydroxylation sites is 1. The number of aromatic nitrogens is 2. The summed E-state index contributed by atoms with van der Waals surface area (Å²) in [6.45, 7) is 5.78. The number of rotatable bonds is 2. The van der Waals surface area contributed by atoms with Gasteiger partial charge >= 0.3 is 0 Å². The molecule has 1 saturated heterocycles. The van der Waals surface area contributed by atoms with Crippen molar-refractivity contribution in [3.63, 3.8) is 0 Å². The SMILES string of the molecule is Cc1cc(C)c2cc(C(=O)N3CCC(c4cc5ccccc5[nH]4)CC3)[nH]c2c1. The molecule has 0 spiro atoms. The highest BCUT2D eigenvalue weighted by Gasteiger charge is 2.26. The molecule has 2 N–H and O–H groups in total. The van der Waals surface area contributed by atoms with E-state index in [0.717, 1.165) is 36.8 Å². The average molecular weight is 371 g/mol.